The fraction of sp³-hybridized carbons (Fsp3) is 0. The number of rotatable bonds is 1. The second-order valence-corrected chi connectivity index (χ2v) is 1.98. The normalized spacial score (nSPS) is 8.82. The van der Waals surface area contributed by atoms with Crippen molar-refractivity contribution in [3.8, 4) is 6.07 Å². The molecule has 0 radical (unpaired) electrons. The Morgan fingerprint density at radius 3 is 2.73 bits per heavy atom. The number of halogens is 1. The summed E-state index contributed by atoms with van der Waals surface area (Å²) >= 11 is 0. The van der Waals surface area contributed by atoms with Gasteiger partial charge in [0.2, 0.25) is 0 Å². The van der Waals surface area contributed by atoms with Gasteiger partial charge in [0.25, 0.3) is 0 Å². The van der Waals surface area contributed by atoms with Crippen molar-refractivity contribution >= 4 is 5.69 Å². The predicted molar refractivity (Wildman–Crippen MR) is 38.9 cm³/mol. The Hall–Kier alpha value is -1.60. The van der Waals surface area contributed by atoms with Crippen LogP contribution in [0.2, 0.25) is 0 Å². The van der Waals surface area contributed by atoms with E-state index in [1.165, 1.54) is 12.1 Å². The van der Waals surface area contributed by atoms with Gasteiger partial charge in [0.05, 0.1) is 17.3 Å². The fourth-order valence-electron chi connectivity index (χ4n) is 0.738. The number of hydrogen-bond donors (Lipinski definition) is 2. The van der Waals surface area contributed by atoms with Crippen LogP contribution < -0.4 is 11.3 Å². The molecule has 1 rings (SSSR count). The van der Waals surface area contributed by atoms with Crippen molar-refractivity contribution in [2.45, 2.75) is 0 Å². The number of nitriles is 1. The first-order chi connectivity index (χ1) is 5.26. The van der Waals surface area contributed by atoms with E-state index < -0.39 is 5.82 Å². The maximum absolute atomic E-state index is 12.6. The third-order valence-electron chi connectivity index (χ3n) is 1.19. The smallest absolute Gasteiger partial charge is 0.126 e. The average molecular weight is 151 g/mol. The van der Waals surface area contributed by atoms with Crippen molar-refractivity contribution in [2.24, 2.45) is 5.84 Å². The van der Waals surface area contributed by atoms with Gasteiger partial charge in [-0.3, -0.25) is 5.84 Å². The summed E-state index contributed by atoms with van der Waals surface area (Å²) < 4.78 is 12.6. The van der Waals surface area contributed by atoms with Gasteiger partial charge in [-0.05, 0) is 18.2 Å². The summed E-state index contributed by atoms with van der Waals surface area (Å²) in [4.78, 5) is 0. The standard InChI is InChI=1S/C7H6FN3/c8-6-1-5(4-9)2-7(3-6)11-10/h1-3,11H,10H2. The molecule has 0 atom stereocenters. The quantitative estimate of drug-likeness (QED) is 0.464. The lowest BCUT2D eigenvalue weighted by molar-refractivity contribution is 0.628. The molecule has 0 bridgehead atoms. The van der Waals surface area contributed by atoms with Crippen molar-refractivity contribution in [1.82, 2.24) is 0 Å². The molecule has 1 aromatic rings. The fourth-order valence-corrected chi connectivity index (χ4v) is 0.738. The highest BCUT2D eigenvalue weighted by Gasteiger charge is 1.97. The zero-order chi connectivity index (χ0) is 8.27. The minimum absolute atomic E-state index is 0.248. The minimum Gasteiger partial charge on any atom is -0.324 e. The third kappa shape index (κ3) is 1.66. The second-order valence-electron chi connectivity index (χ2n) is 1.98. The monoisotopic (exact) mass is 151 g/mol. The molecule has 56 valence electrons. The van der Waals surface area contributed by atoms with Crippen LogP contribution in [0.15, 0.2) is 18.2 Å². The molecule has 0 saturated heterocycles. The number of nitrogens with two attached hydrogens (primary N) is 1. The predicted octanol–water partition coefficient (Wildman–Crippen LogP) is 0.983. The van der Waals surface area contributed by atoms with Gasteiger partial charge in [-0.2, -0.15) is 5.26 Å². The van der Waals surface area contributed by atoms with Crippen molar-refractivity contribution in [3.63, 3.8) is 0 Å². The molecule has 0 aliphatic heterocycles. The maximum Gasteiger partial charge on any atom is 0.126 e. The second kappa shape index (κ2) is 2.99. The van der Waals surface area contributed by atoms with E-state index in [-0.39, 0.29) is 5.56 Å². The Morgan fingerprint density at radius 1 is 1.45 bits per heavy atom. The van der Waals surface area contributed by atoms with Crippen LogP contribution >= 0.6 is 0 Å². The molecular formula is C7H6FN3. The van der Waals surface area contributed by atoms with Gasteiger partial charge in [-0.15, -0.1) is 0 Å². The summed E-state index contributed by atoms with van der Waals surface area (Å²) in [6, 6.07) is 5.62. The lowest BCUT2D eigenvalue weighted by atomic mass is 10.2. The molecule has 0 amide bonds. The number of benzene rings is 1. The van der Waals surface area contributed by atoms with E-state index in [2.05, 4.69) is 5.43 Å². The SMILES string of the molecule is N#Cc1cc(F)cc(NN)c1. The summed E-state index contributed by atoms with van der Waals surface area (Å²) in [6.45, 7) is 0. The topological polar surface area (TPSA) is 61.8 Å². The van der Waals surface area contributed by atoms with E-state index in [1.807, 2.05) is 0 Å². The Kier molecular flexibility index (Phi) is 2.04. The zero-order valence-corrected chi connectivity index (χ0v) is 5.63. The van der Waals surface area contributed by atoms with Crippen LogP contribution in [0.4, 0.5) is 10.1 Å². The molecule has 0 fully saturated rings. The van der Waals surface area contributed by atoms with Crippen LogP contribution in [-0.2, 0) is 0 Å². The van der Waals surface area contributed by atoms with Gasteiger partial charge in [-0.1, -0.05) is 0 Å². The van der Waals surface area contributed by atoms with Gasteiger partial charge < -0.3 is 5.43 Å². The van der Waals surface area contributed by atoms with Crippen LogP contribution in [0.25, 0.3) is 0 Å². The van der Waals surface area contributed by atoms with Crippen molar-refractivity contribution in [2.75, 3.05) is 5.43 Å². The summed E-state index contributed by atoms with van der Waals surface area (Å²) in [7, 11) is 0. The van der Waals surface area contributed by atoms with E-state index in [9.17, 15) is 4.39 Å². The van der Waals surface area contributed by atoms with Crippen LogP contribution in [0, 0.1) is 17.1 Å². The number of nitrogens with one attached hydrogen (secondary N) is 1. The number of hydrogen-bond acceptors (Lipinski definition) is 3. The summed E-state index contributed by atoms with van der Waals surface area (Å²) in [6.07, 6.45) is 0. The summed E-state index contributed by atoms with van der Waals surface area (Å²) in [5.74, 6) is 4.54. The van der Waals surface area contributed by atoms with Gasteiger partial charge in [0.15, 0.2) is 0 Å². The Morgan fingerprint density at radius 2 is 2.18 bits per heavy atom. The van der Waals surface area contributed by atoms with E-state index >= 15 is 0 Å². The van der Waals surface area contributed by atoms with E-state index in [4.69, 9.17) is 11.1 Å². The molecule has 0 unspecified atom stereocenters. The van der Waals surface area contributed by atoms with Crippen LogP contribution in [0.1, 0.15) is 5.56 Å². The number of nitrogens with zero attached hydrogens (tertiary/aromatic N) is 1. The van der Waals surface area contributed by atoms with Crippen LogP contribution in [-0.4, -0.2) is 0 Å². The van der Waals surface area contributed by atoms with Gasteiger partial charge in [0, 0.05) is 0 Å². The van der Waals surface area contributed by atoms with E-state index in [0.29, 0.717) is 5.69 Å². The molecule has 0 aliphatic rings. The molecule has 0 heterocycles. The van der Waals surface area contributed by atoms with Crippen LogP contribution in [0.5, 0.6) is 0 Å². The third-order valence-corrected chi connectivity index (χ3v) is 1.19. The molecule has 3 N–H and O–H groups in total. The first kappa shape index (κ1) is 7.51. The zero-order valence-electron chi connectivity index (χ0n) is 5.63. The molecule has 0 spiro atoms. The number of nitrogen functional groups attached to an aromatic ring is 1. The number of anilines is 1. The molecular weight excluding hydrogens is 145 g/mol. The number of hydrazine groups is 1. The van der Waals surface area contributed by atoms with Crippen molar-refractivity contribution < 1.29 is 4.39 Å². The Bertz CT molecular complexity index is 303. The molecule has 0 aliphatic carbocycles. The summed E-state index contributed by atoms with van der Waals surface area (Å²) in [5.41, 5.74) is 2.89. The molecule has 0 aromatic heterocycles. The largest absolute Gasteiger partial charge is 0.324 e. The highest BCUT2D eigenvalue weighted by Crippen LogP contribution is 2.11. The first-order valence-electron chi connectivity index (χ1n) is 2.93. The molecule has 11 heavy (non-hydrogen) atoms. The lowest BCUT2D eigenvalue weighted by Gasteiger charge is -1.98. The summed E-state index contributed by atoms with van der Waals surface area (Å²) in [5, 5.41) is 8.40. The lowest BCUT2D eigenvalue weighted by Crippen LogP contribution is -2.06. The van der Waals surface area contributed by atoms with Gasteiger partial charge >= 0.3 is 0 Å². The van der Waals surface area contributed by atoms with Crippen molar-refractivity contribution in [3.05, 3.63) is 29.6 Å². The Balaban J connectivity index is 3.15. The first-order valence-corrected chi connectivity index (χ1v) is 2.93. The Labute approximate surface area is 63.2 Å². The van der Waals surface area contributed by atoms with E-state index in [1.54, 1.807) is 6.07 Å². The molecule has 3 nitrogen and oxygen atoms in total. The molecule has 0 saturated carbocycles. The van der Waals surface area contributed by atoms with Crippen LogP contribution in [0.3, 0.4) is 0 Å². The van der Waals surface area contributed by atoms with Gasteiger partial charge in [0.1, 0.15) is 5.82 Å². The van der Waals surface area contributed by atoms with Gasteiger partial charge in [-0.25, -0.2) is 4.39 Å². The highest BCUT2D eigenvalue weighted by molar-refractivity contribution is 5.48. The highest BCUT2D eigenvalue weighted by atomic mass is 19.1. The average Bonchev–Trinajstić information content (AvgIpc) is 2.03. The molecule has 1 aromatic carbocycles. The van der Waals surface area contributed by atoms with E-state index in [0.717, 1.165) is 6.07 Å². The minimum atomic E-state index is -0.475. The molecule has 4 heteroatoms. The van der Waals surface area contributed by atoms with Crippen molar-refractivity contribution in [1.29, 1.82) is 5.26 Å². The maximum atomic E-state index is 12.6.